The molecule has 3 heteroatoms. The van der Waals surface area contributed by atoms with E-state index >= 15 is 0 Å². The van der Waals surface area contributed by atoms with Gasteiger partial charge < -0.3 is 10.5 Å². The van der Waals surface area contributed by atoms with E-state index in [0.717, 1.165) is 22.6 Å². The van der Waals surface area contributed by atoms with E-state index < -0.39 is 0 Å². The maximum atomic E-state index is 8.61. The molecule has 0 radical (unpaired) electrons. The fourth-order valence-electron chi connectivity index (χ4n) is 1.76. The summed E-state index contributed by atoms with van der Waals surface area (Å²) in [5.41, 5.74) is 7.87. The molecule has 0 saturated heterocycles. The number of nitrogens with two attached hydrogens (primary N) is 1. The van der Waals surface area contributed by atoms with Crippen LogP contribution in [0.2, 0.25) is 0 Å². The van der Waals surface area contributed by atoms with Gasteiger partial charge in [-0.05, 0) is 42.3 Å². The van der Waals surface area contributed by atoms with Crippen molar-refractivity contribution >= 4 is 0 Å². The molecule has 0 aliphatic heterocycles. The molecule has 0 aliphatic rings. The van der Waals surface area contributed by atoms with Gasteiger partial charge in [0.2, 0.25) is 0 Å². The van der Waals surface area contributed by atoms with Crippen LogP contribution in [0.3, 0.4) is 0 Å². The topological polar surface area (TPSA) is 59.0 Å². The van der Waals surface area contributed by atoms with Crippen molar-refractivity contribution in [3.8, 4) is 17.6 Å². The largest absolute Gasteiger partial charge is 0.457 e. The van der Waals surface area contributed by atoms with Gasteiger partial charge in [0.15, 0.2) is 0 Å². The number of nitriles is 1. The molecule has 0 bridgehead atoms. The molecule has 3 nitrogen and oxygen atoms in total. The number of ether oxygens (including phenoxy) is 1. The third-order valence-corrected chi connectivity index (χ3v) is 2.83. The fraction of sp³-hybridized carbons (Fsp3) is 0.188. The molecule has 2 aromatic carbocycles. The Hall–Kier alpha value is -2.31. The lowest BCUT2D eigenvalue weighted by molar-refractivity contribution is 0.481. The van der Waals surface area contributed by atoms with E-state index in [1.807, 2.05) is 55.5 Å². The van der Waals surface area contributed by atoms with Crippen molar-refractivity contribution in [2.45, 2.75) is 19.4 Å². The molecule has 0 spiro atoms. The minimum Gasteiger partial charge on any atom is -0.457 e. The maximum Gasteiger partial charge on any atom is 0.127 e. The van der Waals surface area contributed by atoms with Gasteiger partial charge >= 0.3 is 0 Å². The van der Waals surface area contributed by atoms with Crippen LogP contribution < -0.4 is 10.5 Å². The lowest BCUT2D eigenvalue weighted by Gasteiger charge is -2.10. The number of hydrogen-bond acceptors (Lipinski definition) is 3. The highest BCUT2D eigenvalue weighted by Gasteiger charge is 2.02. The van der Waals surface area contributed by atoms with Crippen molar-refractivity contribution in [2.24, 2.45) is 5.73 Å². The molecule has 19 heavy (non-hydrogen) atoms. The van der Waals surface area contributed by atoms with Crippen LogP contribution in [-0.2, 0) is 6.42 Å². The van der Waals surface area contributed by atoms with Gasteiger partial charge in [-0.2, -0.15) is 5.26 Å². The maximum absolute atomic E-state index is 8.61. The first-order valence-corrected chi connectivity index (χ1v) is 6.18. The zero-order chi connectivity index (χ0) is 13.7. The molecule has 0 amide bonds. The first-order chi connectivity index (χ1) is 9.19. The fourth-order valence-corrected chi connectivity index (χ4v) is 1.76. The van der Waals surface area contributed by atoms with Crippen molar-refractivity contribution in [3.63, 3.8) is 0 Å². The Balaban J connectivity index is 2.12. The quantitative estimate of drug-likeness (QED) is 0.905. The van der Waals surface area contributed by atoms with Crippen LogP contribution in [0.15, 0.2) is 48.5 Å². The van der Waals surface area contributed by atoms with Crippen LogP contribution in [0.4, 0.5) is 0 Å². The van der Waals surface area contributed by atoms with Gasteiger partial charge in [0.05, 0.1) is 12.5 Å². The number of rotatable bonds is 4. The van der Waals surface area contributed by atoms with Crippen LogP contribution in [0, 0.1) is 11.3 Å². The van der Waals surface area contributed by atoms with E-state index in [2.05, 4.69) is 6.07 Å². The van der Waals surface area contributed by atoms with Crippen molar-refractivity contribution in [2.75, 3.05) is 0 Å². The Kier molecular flexibility index (Phi) is 4.17. The van der Waals surface area contributed by atoms with Crippen LogP contribution >= 0.6 is 0 Å². The predicted octanol–water partition coefficient (Wildman–Crippen LogP) is 3.56. The summed E-state index contributed by atoms with van der Waals surface area (Å²) in [5, 5.41) is 8.61. The Morgan fingerprint density at radius 1 is 1.16 bits per heavy atom. The monoisotopic (exact) mass is 252 g/mol. The second-order valence-corrected chi connectivity index (χ2v) is 4.44. The van der Waals surface area contributed by atoms with Crippen molar-refractivity contribution < 1.29 is 4.74 Å². The molecular weight excluding hydrogens is 236 g/mol. The summed E-state index contributed by atoms with van der Waals surface area (Å²) in [6, 6.07) is 17.4. The minimum absolute atomic E-state index is 0.0124. The average molecular weight is 252 g/mol. The Bertz CT molecular complexity index is 582. The van der Waals surface area contributed by atoms with Gasteiger partial charge in [0.25, 0.3) is 0 Å². The third kappa shape index (κ3) is 3.57. The lowest BCUT2D eigenvalue weighted by Crippen LogP contribution is -2.04. The number of nitrogens with zero attached hydrogens (tertiary/aromatic N) is 1. The Labute approximate surface area is 113 Å². The summed E-state index contributed by atoms with van der Waals surface area (Å²) in [4.78, 5) is 0. The van der Waals surface area contributed by atoms with Gasteiger partial charge in [0.1, 0.15) is 11.5 Å². The molecular formula is C16H16N2O. The first-order valence-electron chi connectivity index (χ1n) is 6.18. The highest BCUT2D eigenvalue weighted by atomic mass is 16.5. The highest BCUT2D eigenvalue weighted by molar-refractivity contribution is 5.36. The summed E-state index contributed by atoms with van der Waals surface area (Å²) in [6.07, 6.45) is 0.417. The van der Waals surface area contributed by atoms with Crippen LogP contribution in [-0.4, -0.2) is 0 Å². The minimum atomic E-state index is -0.0124. The summed E-state index contributed by atoms with van der Waals surface area (Å²) in [7, 11) is 0. The van der Waals surface area contributed by atoms with Crippen molar-refractivity contribution in [1.29, 1.82) is 5.26 Å². The average Bonchev–Trinajstić information content (AvgIpc) is 2.42. The Morgan fingerprint density at radius 3 is 2.53 bits per heavy atom. The molecule has 2 rings (SSSR count). The second kappa shape index (κ2) is 6.03. The summed E-state index contributed by atoms with van der Waals surface area (Å²) < 4.78 is 5.76. The smallest absolute Gasteiger partial charge is 0.127 e. The molecule has 0 fully saturated rings. The zero-order valence-electron chi connectivity index (χ0n) is 10.8. The van der Waals surface area contributed by atoms with Gasteiger partial charge in [-0.25, -0.2) is 0 Å². The van der Waals surface area contributed by atoms with Crippen LogP contribution in [0.25, 0.3) is 0 Å². The predicted molar refractivity (Wildman–Crippen MR) is 74.9 cm³/mol. The molecule has 2 N–H and O–H groups in total. The second-order valence-electron chi connectivity index (χ2n) is 4.44. The molecule has 1 atom stereocenters. The number of benzene rings is 2. The van der Waals surface area contributed by atoms with E-state index in [0.29, 0.717) is 6.42 Å². The van der Waals surface area contributed by atoms with Crippen molar-refractivity contribution in [1.82, 2.24) is 0 Å². The first kappa shape index (κ1) is 13.1. The van der Waals surface area contributed by atoms with Gasteiger partial charge in [0, 0.05) is 6.04 Å². The zero-order valence-corrected chi connectivity index (χ0v) is 10.8. The SMILES string of the molecule is CC(N)c1cccc(Oc2ccc(CC#N)cc2)c1. The van der Waals surface area contributed by atoms with E-state index in [4.69, 9.17) is 15.7 Å². The summed E-state index contributed by atoms with van der Waals surface area (Å²) in [6.45, 7) is 1.94. The standard InChI is InChI=1S/C16H16N2O/c1-12(18)14-3-2-4-16(11-14)19-15-7-5-13(6-8-15)9-10-17/h2-8,11-12H,9,18H2,1H3. The summed E-state index contributed by atoms with van der Waals surface area (Å²) >= 11 is 0. The molecule has 0 heterocycles. The molecule has 0 saturated carbocycles. The van der Waals surface area contributed by atoms with Gasteiger partial charge in [-0.3, -0.25) is 0 Å². The molecule has 0 aliphatic carbocycles. The highest BCUT2D eigenvalue weighted by Crippen LogP contribution is 2.24. The normalized spacial score (nSPS) is 11.6. The molecule has 0 aromatic heterocycles. The van der Waals surface area contributed by atoms with Crippen LogP contribution in [0.1, 0.15) is 24.1 Å². The third-order valence-electron chi connectivity index (χ3n) is 2.83. The van der Waals surface area contributed by atoms with E-state index in [-0.39, 0.29) is 6.04 Å². The van der Waals surface area contributed by atoms with E-state index in [1.54, 1.807) is 0 Å². The van der Waals surface area contributed by atoms with Gasteiger partial charge in [-0.15, -0.1) is 0 Å². The number of hydrogen-bond donors (Lipinski definition) is 1. The van der Waals surface area contributed by atoms with E-state index in [1.165, 1.54) is 0 Å². The molecule has 1 unspecified atom stereocenters. The van der Waals surface area contributed by atoms with Crippen LogP contribution in [0.5, 0.6) is 11.5 Å². The Morgan fingerprint density at radius 2 is 1.89 bits per heavy atom. The summed E-state index contributed by atoms with van der Waals surface area (Å²) in [5.74, 6) is 1.52. The van der Waals surface area contributed by atoms with Gasteiger partial charge in [-0.1, -0.05) is 24.3 Å². The molecule has 96 valence electrons. The van der Waals surface area contributed by atoms with Crippen molar-refractivity contribution in [3.05, 3.63) is 59.7 Å². The lowest BCUT2D eigenvalue weighted by atomic mass is 10.1. The van der Waals surface area contributed by atoms with E-state index in [9.17, 15) is 0 Å². The molecule has 2 aromatic rings.